The van der Waals surface area contributed by atoms with Gasteiger partial charge in [0, 0.05) is 11.8 Å². The van der Waals surface area contributed by atoms with Crippen molar-refractivity contribution in [3.8, 4) is 5.75 Å². The summed E-state index contributed by atoms with van der Waals surface area (Å²) < 4.78 is 0. The van der Waals surface area contributed by atoms with E-state index in [1.807, 2.05) is 6.07 Å². The molecule has 2 heterocycles. The molecule has 1 aromatic rings. The molecule has 0 saturated carbocycles. The van der Waals surface area contributed by atoms with Crippen LogP contribution in [0.2, 0.25) is 0 Å². The third-order valence-electron chi connectivity index (χ3n) is 2.19. The van der Waals surface area contributed by atoms with Crippen LogP contribution in [0.4, 0.5) is 0 Å². The maximum Gasteiger partial charge on any atom is 0.139 e. The molecule has 1 saturated heterocycles. The quantitative estimate of drug-likeness (QED) is 0.583. The molecule has 1 fully saturated rings. The van der Waals surface area contributed by atoms with Crippen LogP contribution in [-0.4, -0.2) is 23.2 Å². The first-order chi connectivity index (χ1) is 6.38. The van der Waals surface area contributed by atoms with Crippen molar-refractivity contribution >= 4 is 0 Å². The van der Waals surface area contributed by atoms with Crippen LogP contribution in [0.25, 0.3) is 0 Å². The van der Waals surface area contributed by atoms with E-state index in [1.165, 1.54) is 6.20 Å². The Bertz CT molecular complexity index is 284. The summed E-state index contributed by atoms with van der Waals surface area (Å²) in [5.74, 6) is 0.245. The van der Waals surface area contributed by atoms with Gasteiger partial charge in [-0.25, -0.2) is 0 Å². The summed E-state index contributed by atoms with van der Waals surface area (Å²) >= 11 is 0. The zero-order valence-electron chi connectivity index (χ0n) is 7.33. The summed E-state index contributed by atoms with van der Waals surface area (Å²) in [5, 5.41) is 16.1. The minimum absolute atomic E-state index is 0.0664. The molecule has 13 heavy (non-hydrogen) atoms. The zero-order valence-corrected chi connectivity index (χ0v) is 7.33. The van der Waals surface area contributed by atoms with Crippen LogP contribution in [0.1, 0.15) is 18.2 Å². The van der Waals surface area contributed by atoms with Crippen molar-refractivity contribution in [1.29, 1.82) is 0 Å². The van der Waals surface area contributed by atoms with E-state index in [1.54, 1.807) is 6.20 Å². The predicted molar refractivity (Wildman–Crippen MR) is 49.3 cm³/mol. The van der Waals surface area contributed by atoms with Crippen molar-refractivity contribution in [2.45, 2.75) is 12.6 Å². The molecule has 70 valence electrons. The molecule has 0 aliphatic carbocycles. The van der Waals surface area contributed by atoms with E-state index >= 15 is 0 Å². The second-order valence-electron chi connectivity index (χ2n) is 3.13. The van der Waals surface area contributed by atoms with Gasteiger partial charge in [0.1, 0.15) is 5.75 Å². The fourth-order valence-corrected chi connectivity index (χ4v) is 1.51. The monoisotopic (exact) mass is 179 g/mol. The molecule has 0 atom stereocenters. The van der Waals surface area contributed by atoms with Crippen LogP contribution < -0.4 is 10.6 Å². The molecule has 0 radical (unpaired) electrons. The highest BCUT2D eigenvalue weighted by Gasteiger charge is 2.16. The smallest absolute Gasteiger partial charge is 0.139 e. The van der Waals surface area contributed by atoms with Gasteiger partial charge in [0.15, 0.2) is 0 Å². The van der Waals surface area contributed by atoms with Gasteiger partial charge in [-0.05, 0) is 25.6 Å². The van der Waals surface area contributed by atoms with Crippen molar-refractivity contribution in [1.82, 2.24) is 15.6 Å². The molecular weight excluding hydrogens is 166 g/mol. The van der Waals surface area contributed by atoms with Gasteiger partial charge in [-0.15, -0.1) is 0 Å². The number of nitrogens with zero attached hydrogens (tertiary/aromatic N) is 1. The summed E-state index contributed by atoms with van der Waals surface area (Å²) in [4.78, 5) is 3.83. The second kappa shape index (κ2) is 3.72. The largest absolute Gasteiger partial charge is 0.506 e. The first-order valence-corrected chi connectivity index (χ1v) is 4.47. The number of aromatic nitrogens is 1. The Balaban J connectivity index is 2.18. The van der Waals surface area contributed by atoms with E-state index < -0.39 is 0 Å². The van der Waals surface area contributed by atoms with Crippen LogP contribution in [0.5, 0.6) is 5.75 Å². The van der Waals surface area contributed by atoms with Gasteiger partial charge in [0.25, 0.3) is 0 Å². The van der Waals surface area contributed by atoms with Crippen molar-refractivity contribution < 1.29 is 5.11 Å². The first-order valence-electron chi connectivity index (χ1n) is 4.47. The summed E-state index contributed by atoms with van der Waals surface area (Å²) in [7, 11) is 0. The van der Waals surface area contributed by atoms with E-state index in [0.717, 1.165) is 25.1 Å². The zero-order chi connectivity index (χ0) is 9.10. The molecule has 3 N–H and O–H groups in total. The van der Waals surface area contributed by atoms with Gasteiger partial charge in [-0.2, -0.15) is 0 Å². The Morgan fingerprint density at radius 1 is 1.38 bits per heavy atom. The lowest BCUT2D eigenvalue weighted by Crippen LogP contribution is -2.41. The van der Waals surface area contributed by atoms with Gasteiger partial charge >= 0.3 is 0 Å². The average Bonchev–Trinajstić information content (AvgIpc) is 2.20. The summed E-state index contributed by atoms with van der Waals surface area (Å²) in [6.07, 6.45) is 4.35. The second-order valence-corrected chi connectivity index (χ2v) is 3.13. The lowest BCUT2D eigenvalue weighted by atomic mass is 10.1. The minimum Gasteiger partial charge on any atom is -0.506 e. The number of aromatic hydroxyl groups is 1. The third-order valence-corrected chi connectivity index (χ3v) is 2.19. The highest BCUT2D eigenvalue weighted by Crippen LogP contribution is 2.21. The maximum atomic E-state index is 9.52. The molecule has 2 rings (SSSR count). The number of pyridine rings is 1. The molecule has 0 amide bonds. The van der Waals surface area contributed by atoms with Crippen LogP contribution in [-0.2, 0) is 0 Å². The fraction of sp³-hybridized carbons (Fsp3) is 0.444. The molecule has 4 heteroatoms. The third kappa shape index (κ3) is 1.79. The van der Waals surface area contributed by atoms with Gasteiger partial charge < -0.3 is 5.11 Å². The molecule has 0 aromatic carbocycles. The highest BCUT2D eigenvalue weighted by molar-refractivity contribution is 5.31. The van der Waals surface area contributed by atoms with Crippen molar-refractivity contribution in [2.75, 3.05) is 13.1 Å². The number of nitrogens with one attached hydrogen (secondary N) is 2. The first kappa shape index (κ1) is 8.47. The standard InChI is InChI=1S/C9H13N3O/c13-8-6-10-5-2-7(8)9-11-3-1-4-12-9/h2,5-6,9,11-13H,1,3-4H2. The Hall–Kier alpha value is -1.13. The Morgan fingerprint density at radius 2 is 2.15 bits per heavy atom. The number of rotatable bonds is 1. The van der Waals surface area contributed by atoms with Crippen LogP contribution in [0, 0.1) is 0 Å². The SMILES string of the molecule is Oc1cnccc1C1NCCCN1. The molecule has 1 aromatic heterocycles. The Labute approximate surface area is 77.0 Å². The predicted octanol–water partition coefficient (Wildman–Crippen LogP) is 0.369. The maximum absolute atomic E-state index is 9.52. The molecule has 0 spiro atoms. The van der Waals surface area contributed by atoms with Crippen LogP contribution in [0.15, 0.2) is 18.5 Å². The molecule has 1 aliphatic heterocycles. The molecular formula is C9H13N3O. The van der Waals surface area contributed by atoms with Gasteiger partial charge in [-0.3, -0.25) is 15.6 Å². The Kier molecular flexibility index (Phi) is 2.42. The van der Waals surface area contributed by atoms with Crippen molar-refractivity contribution in [2.24, 2.45) is 0 Å². The van der Waals surface area contributed by atoms with Gasteiger partial charge in [-0.1, -0.05) is 0 Å². The summed E-state index contributed by atoms with van der Waals surface area (Å²) in [5.41, 5.74) is 0.870. The van der Waals surface area contributed by atoms with Gasteiger partial charge in [0.2, 0.25) is 0 Å². The fourth-order valence-electron chi connectivity index (χ4n) is 1.51. The number of hydrogen-bond donors (Lipinski definition) is 3. The van der Waals surface area contributed by atoms with E-state index in [-0.39, 0.29) is 11.9 Å². The number of hydrogen-bond acceptors (Lipinski definition) is 4. The normalized spacial score (nSPS) is 18.8. The average molecular weight is 179 g/mol. The lowest BCUT2D eigenvalue weighted by Gasteiger charge is -2.25. The molecule has 0 bridgehead atoms. The topological polar surface area (TPSA) is 57.2 Å². The molecule has 0 unspecified atom stereocenters. The van der Waals surface area contributed by atoms with E-state index in [2.05, 4.69) is 15.6 Å². The highest BCUT2D eigenvalue weighted by atomic mass is 16.3. The molecule has 4 nitrogen and oxygen atoms in total. The van der Waals surface area contributed by atoms with Crippen molar-refractivity contribution in [3.05, 3.63) is 24.0 Å². The van der Waals surface area contributed by atoms with Crippen molar-refractivity contribution in [3.63, 3.8) is 0 Å². The van der Waals surface area contributed by atoms with E-state index in [4.69, 9.17) is 0 Å². The van der Waals surface area contributed by atoms with Crippen LogP contribution >= 0.6 is 0 Å². The molecule has 1 aliphatic rings. The summed E-state index contributed by atoms with van der Waals surface area (Å²) in [6, 6.07) is 1.82. The lowest BCUT2D eigenvalue weighted by molar-refractivity contribution is 0.363. The van der Waals surface area contributed by atoms with E-state index in [0.29, 0.717) is 0 Å². The van der Waals surface area contributed by atoms with Gasteiger partial charge in [0.05, 0.1) is 12.4 Å². The minimum atomic E-state index is 0.0664. The Morgan fingerprint density at radius 3 is 2.85 bits per heavy atom. The van der Waals surface area contributed by atoms with Crippen LogP contribution in [0.3, 0.4) is 0 Å². The van der Waals surface area contributed by atoms with E-state index in [9.17, 15) is 5.11 Å². The summed E-state index contributed by atoms with van der Waals surface area (Å²) in [6.45, 7) is 1.97.